The highest BCUT2D eigenvalue weighted by Gasteiger charge is 2.12. The van der Waals surface area contributed by atoms with Crippen LogP contribution >= 0.6 is 11.3 Å². The first-order valence-electron chi connectivity index (χ1n) is 7.83. The minimum Gasteiger partial charge on any atom is -0.497 e. The molecule has 134 valence electrons. The molecule has 0 aliphatic carbocycles. The van der Waals surface area contributed by atoms with Crippen molar-refractivity contribution < 1.29 is 18.7 Å². The van der Waals surface area contributed by atoms with Gasteiger partial charge in [-0.3, -0.25) is 14.9 Å². The fraction of sp³-hybridized carbons (Fsp3) is 0.167. The Hall–Kier alpha value is -3.13. The lowest BCUT2D eigenvalue weighted by Crippen LogP contribution is -2.24. The Kier molecular flexibility index (Phi) is 5.65. The lowest BCUT2D eigenvalue weighted by atomic mass is 10.2. The van der Waals surface area contributed by atoms with Crippen LogP contribution in [-0.2, 0) is 17.8 Å². The fourth-order valence-corrected chi connectivity index (χ4v) is 2.89. The van der Waals surface area contributed by atoms with E-state index in [1.165, 1.54) is 17.6 Å². The Morgan fingerprint density at radius 1 is 1.23 bits per heavy atom. The molecule has 3 aromatic rings. The van der Waals surface area contributed by atoms with Crippen LogP contribution in [0.15, 0.2) is 52.5 Å². The minimum atomic E-state index is -0.375. The van der Waals surface area contributed by atoms with E-state index in [2.05, 4.69) is 15.6 Å². The molecular weight excluding hydrogens is 354 g/mol. The zero-order valence-electron chi connectivity index (χ0n) is 14.0. The summed E-state index contributed by atoms with van der Waals surface area (Å²) in [6.07, 6.45) is 1.57. The molecule has 0 fully saturated rings. The van der Waals surface area contributed by atoms with Crippen molar-refractivity contribution in [3.05, 3.63) is 65.1 Å². The zero-order valence-corrected chi connectivity index (χ0v) is 14.8. The lowest BCUT2D eigenvalue weighted by Gasteiger charge is -2.05. The summed E-state index contributed by atoms with van der Waals surface area (Å²) < 4.78 is 10.1. The van der Waals surface area contributed by atoms with Gasteiger partial charge in [0.05, 0.1) is 25.5 Å². The van der Waals surface area contributed by atoms with Gasteiger partial charge in [-0.25, -0.2) is 4.98 Å². The van der Waals surface area contributed by atoms with Crippen molar-refractivity contribution in [2.45, 2.75) is 13.0 Å². The van der Waals surface area contributed by atoms with E-state index >= 15 is 0 Å². The van der Waals surface area contributed by atoms with Gasteiger partial charge in [0, 0.05) is 11.9 Å². The molecule has 2 N–H and O–H groups in total. The number of anilines is 1. The van der Waals surface area contributed by atoms with Crippen LogP contribution in [0, 0.1) is 0 Å². The summed E-state index contributed by atoms with van der Waals surface area (Å²) in [4.78, 5) is 28.2. The second-order valence-corrected chi connectivity index (χ2v) is 6.24. The van der Waals surface area contributed by atoms with E-state index in [0.29, 0.717) is 17.4 Å². The molecule has 0 aliphatic heterocycles. The summed E-state index contributed by atoms with van der Waals surface area (Å²) in [5.74, 6) is 0.459. The lowest BCUT2D eigenvalue weighted by molar-refractivity contribution is -0.120. The molecule has 0 aliphatic rings. The van der Waals surface area contributed by atoms with Gasteiger partial charge in [-0.2, -0.15) is 0 Å². The first kappa shape index (κ1) is 17.7. The van der Waals surface area contributed by atoms with Gasteiger partial charge in [0.2, 0.25) is 5.91 Å². The monoisotopic (exact) mass is 371 g/mol. The molecule has 8 heteroatoms. The number of hydrogen-bond donors (Lipinski definition) is 2. The largest absolute Gasteiger partial charge is 0.497 e. The second kappa shape index (κ2) is 8.30. The molecule has 0 radical (unpaired) electrons. The first-order valence-corrected chi connectivity index (χ1v) is 8.71. The summed E-state index contributed by atoms with van der Waals surface area (Å²) in [7, 11) is 1.61. The predicted octanol–water partition coefficient (Wildman–Crippen LogP) is 2.86. The Bertz CT molecular complexity index is 872. The molecule has 0 bridgehead atoms. The molecular formula is C18H17N3O4S. The average Bonchev–Trinajstić information content (AvgIpc) is 3.32. The van der Waals surface area contributed by atoms with E-state index in [4.69, 9.17) is 9.15 Å². The van der Waals surface area contributed by atoms with Gasteiger partial charge < -0.3 is 14.5 Å². The average molecular weight is 371 g/mol. The smallest absolute Gasteiger partial charge is 0.293 e. The van der Waals surface area contributed by atoms with Crippen molar-refractivity contribution in [1.82, 2.24) is 10.3 Å². The van der Waals surface area contributed by atoms with Gasteiger partial charge in [-0.1, -0.05) is 12.1 Å². The first-order chi connectivity index (χ1) is 12.6. The standard InChI is InChI=1S/C18H17N3O4S/c1-24-14-6-4-12(5-7-14)10-19-16(22)9-13-11-26-18(20-13)21-17(23)15-3-2-8-25-15/h2-8,11H,9-10H2,1H3,(H,19,22)(H,20,21,23). The predicted molar refractivity (Wildman–Crippen MR) is 97.3 cm³/mol. The number of nitrogens with one attached hydrogen (secondary N) is 2. The van der Waals surface area contributed by atoms with Gasteiger partial charge in [-0.15, -0.1) is 11.3 Å². The summed E-state index contributed by atoms with van der Waals surface area (Å²) in [6, 6.07) is 10.7. The number of carbonyl (C=O) groups excluding carboxylic acids is 2. The molecule has 0 spiro atoms. The van der Waals surface area contributed by atoms with Gasteiger partial charge in [0.1, 0.15) is 5.75 Å². The van der Waals surface area contributed by atoms with E-state index in [-0.39, 0.29) is 24.0 Å². The van der Waals surface area contributed by atoms with Gasteiger partial charge >= 0.3 is 0 Å². The SMILES string of the molecule is COc1ccc(CNC(=O)Cc2csc(NC(=O)c3ccco3)n2)cc1. The normalized spacial score (nSPS) is 10.3. The van der Waals surface area contributed by atoms with Crippen LogP contribution in [0.5, 0.6) is 5.75 Å². The minimum absolute atomic E-state index is 0.142. The number of carbonyl (C=O) groups is 2. The van der Waals surface area contributed by atoms with Crippen LogP contribution in [-0.4, -0.2) is 23.9 Å². The number of amides is 2. The van der Waals surface area contributed by atoms with Crippen molar-refractivity contribution in [3.8, 4) is 5.75 Å². The van der Waals surface area contributed by atoms with Crippen molar-refractivity contribution >= 4 is 28.3 Å². The molecule has 0 saturated heterocycles. The van der Waals surface area contributed by atoms with Crippen LogP contribution in [0.1, 0.15) is 21.8 Å². The van der Waals surface area contributed by atoms with Crippen LogP contribution in [0.3, 0.4) is 0 Å². The molecule has 26 heavy (non-hydrogen) atoms. The van der Waals surface area contributed by atoms with Crippen molar-refractivity contribution in [2.24, 2.45) is 0 Å². The zero-order chi connectivity index (χ0) is 18.4. The Morgan fingerprint density at radius 3 is 2.73 bits per heavy atom. The molecule has 2 aromatic heterocycles. The Morgan fingerprint density at radius 2 is 2.04 bits per heavy atom. The molecule has 0 atom stereocenters. The third-order valence-corrected chi connectivity index (χ3v) is 4.31. The van der Waals surface area contributed by atoms with Crippen molar-refractivity contribution in [3.63, 3.8) is 0 Å². The third-order valence-electron chi connectivity index (χ3n) is 3.51. The number of rotatable bonds is 7. The maximum Gasteiger partial charge on any atom is 0.293 e. The summed E-state index contributed by atoms with van der Waals surface area (Å²) in [5, 5.41) is 7.64. The molecule has 0 unspecified atom stereocenters. The Labute approximate surface area is 154 Å². The van der Waals surface area contributed by atoms with E-state index in [1.807, 2.05) is 24.3 Å². The van der Waals surface area contributed by atoms with Gasteiger partial charge in [0.25, 0.3) is 5.91 Å². The highest BCUT2D eigenvalue weighted by atomic mass is 32.1. The Balaban J connectivity index is 1.48. The molecule has 3 rings (SSSR count). The highest BCUT2D eigenvalue weighted by molar-refractivity contribution is 7.14. The van der Waals surface area contributed by atoms with Crippen LogP contribution in [0.2, 0.25) is 0 Å². The highest BCUT2D eigenvalue weighted by Crippen LogP contribution is 2.17. The second-order valence-electron chi connectivity index (χ2n) is 5.38. The maximum absolute atomic E-state index is 12.1. The number of ether oxygens (including phenoxy) is 1. The van der Waals surface area contributed by atoms with Crippen molar-refractivity contribution in [2.75, 3.05) is 12.4 Å². The summed E-state index contributed by atoms with van der Waals surface area (Å²) in [5.41, 5.74) is 1.57. The fourth-order valence-electron chi connectivity index (χ4n) is 2.18. The van der Waals surface area contributed by atoms with E-state index in [9.17, 15) is 9.59 Å². The summed E-state index contributed by atoms with van der Waals surface area (Å²) >= 11 is 1.26. The van der Waals surface area contributed by atoms with Crippen LogP contribution in [0.4, 0.5) is 5.13 Å². The maximum atomic E-state index is 12.1. The van der Waals surface area contributed by atoms with Crippen LogP contribution < -0.4 is 15.4 Å². The number of furan rings is 1. The van der Waals surface area contributed by atoms with E-state index < -0.39 is 0 Å². The molecule has 1 aromatic carbocycles. The number of methoxy groups -OCH3 is 1. The molecule has 0 saturated carbocycles. The van der Waals surface area contributed by atoms with Gasteiger partial charge in [0.15, 0.2) is 10.9 Å². The van der Waals surface area contributed by atoms with Gasteiger partial charge in [-0.05, 0) is 29.8 Å². The number of hydrogen-bond acceptors (Lipinski definition) is 6. The summed E-state index contributed by atoms with van der Waals surface area (Å²) in [6.45, 7) is 0.426. The van der Waals surface area contributed by atoms with Crippen molar-refractivity contribution in [1.29, 1.82) is 0 Å². The van der Waals surface area contributed by atoms with E-state index in [1.54, 1.807) is 24.6 Å². The molecule has 2 amide bonds. The number of aromatic nitrogens is 1. The quantitative estimate of drug-likeness (QED) is 0.666. The topological polar surface area (TPSA) is 93.5 Å². The van der Waals surface area contributed by atoms with Crippen LogP contribution in [0.25, 0.3) is 0 Å². The van der Waals surface area contributed by atoms with E-state index in [0.717, 1.165) is 11.3 Å². The molecule has 7 nitrogen and oxygen atoms in total. The molecule has 2 heterocycles. The number of benzene rings is 1. The third kappa shape index (κ3) is 4.70. The number of thiazole rings is 1. The number of nitrogens with zero attached hydrogens (tertiary/aromatic N) is 1.